The number of nitrogen functional groups attached to an aromatic ring is 1. The molecule has 5 nitrogen and oxygen atoms in total. The van der Waals surface area contributed by atoms with E-state index in [0.717, 1.165) is 42.8 Å². The molecule has 3 rings (SSSR count). The van der Waals surface area contributed by atoms with Crippen LogP contribution in [0.5, 0.6) is 0 Å². The molecule has 0 bridgehead atoms. The van der Waals surface area contributed by atoms with Crippen LogP contribution in [-0.4, -0.2) is 34.1 Å². The number of nitrogens with one attached hydrogen (secondary N) is 1. The smallest absolute Gasteiger partial charge is 0.274 e. The Balaban J connectivity index is 1.85. The zero-order valence-corrected chi connectivity index (χ0v) is 12.4. The van der Waals surface area contributed by atoms with Crippen LogP contribution in [0.4, 0.5) is 5.69 Å². The van der Waals surface area contributed by atoms with Gasteiger partial charge in [-0.1, -0.05) is 13.3 Å². The number of aromatic amines is 1. The number of hydrogen-bond donors (Lipinski definition) is 2. The highest BCUT2D eigenvalue weighted by Crippen LogP contribution is 2.24. The summed E-state index contributed by atoms with van der Waals surface area (Å²) in [6.07, 6.45) is 4.58. The molecule has 1 atom stereocenters. The first-order valence-electron chi connectivity index (χ1n) is 7.72. The van der Waals surface area contributed by atoms with Gasteiger partial charge in [-0.25, -0.2) is 0 Å². The number of carbonyl (C=O) groups excluding carboxylic acids is 1. The predicted octanol–water partition coefficient (Wildman–Crippen LogP) is 2.80. The molecule has 1 unspecified atom stereocenters. The number of aromatic nitrogens is 2. The number of nitrogens with two attached hydrogens (primary N) is 1. The lowest BCUT2D eigenvalue weighted by Gasteiger charge is -2.19. The highest BCUT2D eigenvalue weighted by atomic mass is 16.2. The third kappa shape index (κ3) is 2.73. The van der Waals surface area contributed by atoms with Crippen molar-refractivity contribution in [3.05, 3.63) is 23.9 Å². The normalized spacial score (nSPS) is 19.7. The van der Waals surface area contributed by atoms with Crippen LogP contribution in [0.3, 0.4) is 0 Å². The molecule has 2 aromatic rings. The van der Waals surface area contributed by atoms with Gasteiger partial charge in [-0.15, -0.1) is 0 Å². The van der Waals surface area contributed by atoms with Crippen molar-refractivity contribution in [2.24, 2.45) is 5.92 Å². The summed E-state index contributed by atoms with van der Waals surface area (Å²) in [7, 11) is 0. The zero-order valence-electron chi connectivity index (χ0n) is 12.4. The fourth-order valence-electron chi connectivity index (χ4n) is 3.12. The van der Waals surface area contributed by atoms with Crippen molar-refractivity contribution in [2.75, 3.05) is 18.8 Å². The largest absolute Gasteiger partial charge is 0.399 e. The summed E-state index contributed by atoms with van der Waals surface area (Å²) in [6.45, 7) is 3.88. The maximum atomic E-state index is 12.7. The standard InChI is InChI=1S/C16H22N4O/c1-2-11-4-3-8-20(9-7-11)16(21)15-13-10-12(17)5-6-14(13)18-19-15/h5-6,10-11H,2-4,7-9,17H2,1H3,(H,18,19). The lowest BCUT2D eigenvalue weighted by molar-refractivity contribution is 0.0756. The molecule has 0 saturated carbocycles. The molecule has 1 saturated heterocycles. The molecule has 1 aliphatic rings. The van der Waals surface area contributed by atoms with Gasteiger partial charge in [-0.3, -0.25) is 9.89 Å². The summed E-state index contributed by atoms with van der Waals surface area (Å²) >= 11 is 0. The minimum Gasteiger partial charge on any atom is -0.399 e. The van der Waals surface area contributed by atoms with E-state index in [1.165, 1.54) is 12.8 Å². The topological polar surface area (TPSA) is 75.0 Å². The van der Waals surface area contributed by atoms with Gasteiger partial charge in [0.25, 0.3) is 5.91 Å². The Hall–Kier alpha value is -2.04. The van der Waals surface area contributed by atoms with Gasteiger partial charge in [0.15, 0.2) is 5.69 Å². The summed E-state index contributed by atoms with van der Waals surface area (Å²) in [5.74, 6) is 0.762. The van der Waals surface area contributed by atoms with Crippen molar-refractivity contribution in [3.63, 3.8) is 0 Å². The first-order chi connectivity index (χ1) is 10.2. The van der Waals surface area contributed by atoms with E-state index >= 15 is 0 Å². The molecule has 5 heteroatoms. The van der Waals surface area contributed by atoms with Gasteiger partial charge in [0.2, 0.25) is 0 Å². The molecule has 1 aliphatic heterocycles. The molecule has 0 aliphatic carbocycles. The Morgan fingerprint density at radius 3 is 3.10 bits per heavy atom. The van der Waals surface area contributed by atoms with Crippen molar-refractivity contribution >= 4 is 22.5 Å². The third-order valence-corrected chi connectivity index (χ3v) is 4.50. The number of H-pyrrole nitrogens is 1. The molecule has 3 N–H and O–H groups in total. The molecular formula is C16H22N4O. The average molecular weight is 286 g/mol. The number of fused-ring (bicyclic) bond motifs is 1. The Morgan fingerprint density at radius 2 is 2.29 bits per heavy atom. The van der Waals surface area contributed by atoms with Gasteiger partial charge >= 0.3 is 0 Å². The number of benzene rings is 1. The van der Waals surface area contributed by atoms with Crippen LogP contribution >= 0.6 is 0 Å². The monoisotopic (exact) mass is 286 g/mol. The first-order valence-corrected chi connectivity index (χ1v) is 7.72. The molecule has 1 aromatic carbocycles. The molecular weight excluding hydrogens is 264 g/mol. The van der Waals surface area contributed by atoms with Gasteiger partial charge in [-0.05, 0) is 43.4 Å². The fourth-order valence-corrected chi connectivity index (χ4v) is 3.12. The van der Waals surface area contributed by atoms with Crippen LogP contribution in [0.15, 0.2) is 18.2 Å². The lowest BCUT2D eigenvalue weighted by Crippen LogP contribution is -2.32. The van der Waals surface area contributed by atoms with Crippen LogP contribution in [0.25, 0.3) is 10.9 Å². The SMILES string of the molecule is CCC1CCCN(C(=O)c2n[nH]c3ccc(N)cc23)CC1. The molecule has 0 spiro atoms. The molecule has 112 valence electrons. The summed E-state index contributed by atoms with van der Waals surface area (Å²) in [5.41, 5.74) is 7.83. The van der Waals surface area contributed by atoms with Crippen LogP contribution in [0.2, 0.25) is 0 Å². The summed E-state index contributed by atoms with van der Waals surface area (Å²) in [4.78, 5) is 14.7. The van der Waals surface area contributed by atoms with Crippen molar-refractivity contribution in [2.45, 2.75) is 32.6 Å². The van der Waals surface area contributed by atoms with Crippen molar-refractivity contribution in [1.82, 2.24) is 15.1 Å². The zero-order chi connectivity index (χ0) is 14.8. The van der Waals surface area contributed by atoms with Crippen molar-refractivity contribution < 1.29 is 4.79 Å². The van der Waals surface area contributed by atoms with E-state index in [2.05, 4.69) is 17.1 Å². The van der Waals surface area contributed by atoms with E-state index in [0.29, 0.717) is 11.4 Å². The Kier molecular flexibility index (Phi) is 3.82. The summed E-state index contributed by atoms with van der Waals surface area (Å²) in [6, 6.07) is 5.50. The molecule has 21 heavy (non-hydrogen) atoms. The van der Waals surface area contributed by atoms with E-state index < -0.39 is 0 Å². The van der Waals surface area contributed by atoms with Gasteiger partial charge in [0.1, 0.15) is 0 Å². The second-order valence-electron chi connectivity index (χ2n) is 5.87. The molecule has 2 heterocycles. The number of anilines is 1. The first kappa shape index (κ1) is 13.9. The van der Waals surface area contributed by atoms with Crippen molar-refractivity contribution in [3.8, 4) is 0 Å². The van der Waals surface area contributed by atoms with E-state index in [-0.39, 0.29) is 5.91 Å². The lowest BCUT2D eigenvalue weighted by atomic mass is 9.98. The quantitative estimate of drug-likeness (QED) is 0.834. The molecule has 1 aromatic heterocycles. The van der Waals surface area contributed by atoms with Crippen molar-refractivity contribution in [1.29, 1.82) is 0 Å². The number of nitrogens with zero attached hydrogens (tertiary/aromatic N) is 2. The van der Waals surface area contributed by atoms with Crippen LogP contribution in [0, 0.1) is 5.92 Å². The minimum atomic E-state index is 0.0172. The highest BCUT2D eigenvalue weighted by Gasteiger charge is 2.24. The van der Waals surface area contributed by atoms with Crippen LogP contribution < -0.4 is 5.73 Å². The summed E-state index contributed by atoms with van der Waals surface area (Å²) in [5, 5.41) is 7.94. The predicted molar refractivity (Wildman–Crippen MR) is 84.0 cm³/mol. The Morgan fingerprint density at radius 1 is 1.43 bits per heavy atom. The Bertz CT molecular complexity index is 649. The van der Waals surface area contributed by atoms with Crippen LogP contribution in [0.1, 0.15) is 43.1 Å². The minimum absolute atomic E-state index is 0.0172. The Labute approximate surface area is 124 Å². The van der Waals surface area contributed by atoms with Gasteiger partial charge < -0.3 is 10.6 Å². The van der Waals surface area contributed by atoms with E-state index in [1.807, 2.05) is 23.1 Å². The fraction of sp³-hybridized carbons (Fsp3) is 0.500. The van der Waals surface area contributed by atoms with Gasteiger partial charge in [0, 0.05) is 24.2 Å². The van der Waals surface area contributed by atoms with E-state index in [9.17, 15) is 4.79 Å². The maximum absolute atomic E-state index is 12.7. The highest BCUT2D eigenvalue weighted by molar-refractivity contribution is 6.05. The van der Waals surface area contributed by atoms with Gasteiger partial charge in [-0.2, -0.15) is 5.10 Å². The maximum Gasteiger partial charge on any atom is 0.274 e. The number of likely N-dealkylation sites (tertiary alicyclic amines) is 1. The van der Waals surface area contributed by atoms with E-state index in [1.54, 1.807) is 0 Å². The summed E-state index contributed by atoms with van der Waals surface area (Å²) < 4.78 is 0. The average Bonchev–Trinajstić information content (AvgIpc) is 2.75. The third-order valence-electron chi connectivity index (χ3n) is 4.50. The molecule has 1 amide bonds. The number of amides is 1. The van der Waals surface area contributed by atoms with E-state index in [4.69, 9.17) is 5.73 Å². The van der Waals surface area contributed by atoms with Crippen LogP contribution in [-0.2, 0) is 0 Å². The number of carbonyl (C=O) groups is 1. The molecule has 0 radical (unpaired) electrons. The second-order valence-corrected chi connectivity index (χ2v) is 5.87. The second kappa shape index (κ2) is 5.76. The molecule has 1 fully saturated rings. The number of rotatable bonds is 2. The number of hydrogen-bond acceptors (Lipinski definition) is 3. The van der Waals surface area contributed by atoms with Gasteiger partial charge in [0.05, 0.1) is 5.52 Å².